The first-order chi connectivity index (χ1) is 13.8. The summed E-state index contributed by atoms with van der Waals surface area (Å²) in [6.45, 7) is 6.95. The van der Waals surface area contributed by atoms with Crippen LogP contribution in [0, 0.1) is 47.8 Å². The van der Waals surface area contributed by atoms with Crippen molar-refractivity contribution in [2.75, 3.05) is 0 Å². The number of carbonyl (C=O) groups is 1. The number of fused-ring (bicyclic) bond motifs is 5. The Hall–Kier alpha value is -1.16. The summed E-state index contributed by atoms with van der Waals surface area (Å²) in [5.41, 5.74) is 0.873. The summed E-state index contributed by atoms with van der Waals surface area (Å²) in [6.07, 6.45) is 14.5. The van der Waals surface area contributed by atoms with E-state index in [1.54, 1.807) is 0 Å². The molecule has 1 N–H and O–H groups in total. The molecule has 4 saturated carbocycles. The Morgan fingerprint density at radius 2 is 1.90 bits per heavy atom. The zero-order valence-corrected chi connectivity index (χ0v) is 18.4. The molecule has 4 heteroatoms. The third kappa shape index (κ3) is 3.30. The van der Waals surface area contributed by atoms with Crippen molar-refractivity contribution in [2.45, 2.75) is 90.7 Å². The molecule has 1 aromatic rings. The van der Waals surface area contributed by atoms with E-state index in [1.807, 2.05) is 30.9 Å². The molecule has 29 heavy (non-hydrogen) atoms. The highest BCUT2D eigenvalue weighted by atomic mass is 16.3. The third-order valence-electron chi connectivity index (χ3n) is 9.71. The highest BCUT2D eigenvalue weighted by molar-refractivity contribution is 5.82. The highest BCUT2D eigenvalue weighted by Crippen LogP contribution is 2.64. The first kappa shape index (κ1) is 19.8. The number of ketones is 1. The Bertz CT molecular complexity index is 784. The van der Waals surface area contributed by atoms with Gasteiger partial charge in [0.2, 0.25) is 0 Å². The molecule has 0 aromatic carbocycles. The van der Waals surface area contributed by atoms with E-state index in [0.717, 1.165) is 54.4 Å². The third-order valence-corrected chi connectivity index (χ3v) is 9.71. The van der Waals surface area contributed by atoms with Crippen molar-refractivity contribution in [3.05, 3.63) is 18.0 Å². The van der Waals surface area contributed by atoms with Crippen LogP contribution in [-0.4, -0.2) is 26.3 Å². The van der Waals surface area contributed by atoms with Crippen molar-refractivity contribution in [1.29, 1.82) is 0 Å². The zero-order valence-electron chi connectivity index (χ0n) is 18.4. The number of carbonyl (C=O) groups excluding carboxylic acids is 1. The summed E-state index contributed by atoms with van der Waals surface area (Å²) in [5.74, 6) is 4.53. The van der Waals surface area contributed by atoms with Crippen LogP contribution in [0.15, 0.2) is 12.4 Å². The molecule has 1 heterocycles. The summed E-state index contributed by atoms with van der Waals surface area (Å²) < 4.78 is 1.83. The molecule has 160 valence electrons. The molecule has 0 radical (unpaired) electrons. The maximum Gasteiger partial charge on any atom is 0.157 e. The Balaban J connectivity index is 1.31. The minimum atomic E-state index is -0.438. The van der Waals surface area contributed by atoms with Crippen LogP contribution in [-0.2, 0) is 11.3 Å². The van der Waals surface area contributed by atoms with E-state index in [1.165, 1.54) is 38.5 Å². The van der Waals surface area contributed by atoms with Crippen molar-refractivity contribution in [1.82, 2.24) is 9.78 Å². The molecule has 8 atom stereocenters. The van der Waals surface area contributed by atoms with Gasteiger partial charge in [-0.3, -0.25) is 9.48 Å². The fourth-order valence-electron chi connectivity index (χ4n) is 8.43. The molecule has 0 spiro atoms. The van der Waals surface area contributed by atoms with Crippen molar-refractivity contribution >= 4 is 5.78 Å². The number of aryl methyl sites for hydroxylation is 1. The lowest BCUT2D eigenvalue weighted by Crippen LogP contribution is -2.51. The Labute approximate surface area is 175 Å². The number of aromatic nitrogens is 2. The monoisotopic (exact) mass is 398 g/mol. The van der Waals surface area contributed by atoms with Gasteiger partial charge in [-0.05, 0) is 112 Å². The van der Waals surface area contributed by atoms with Gasteiger partial charge in [0, 0.05) is 12.1 Å². The molecule has 0 aliphatic heterocycles. The average Bonchev–Trinajstić information content (AvgIpc) is 3.22. The summed E-state index contributed by atoms with van der Waals surface area (Å²) >= 11 is 0. The largest absolute Gasteiger partial charge is 0.390 e. The molecule has 0 amide bonds. The van der Waals surface area contributed by atoms with Crippen LogP contribution in [0.3, 0.4) is 0 Å². The zero-order chi connectivity index (χ0) is 20.4. The molecule has 4 fully saturated rings. The standard InChI is InChI=1S/C25H38N2O2/c1-16-13-26-27(14-16)15-23(28)22-7-6-21-20-5-4-17-12-24(2,29)10-8-18(17)19(20)9-11-25(21,22)3/h13-14,17-22,29H,4-12,15H2,1-3H3/t17?,18?,19-,20?,21+,22-,24-,25+/m1/s1. The summed E-state index contributed by atoms with van der Waals surface area (Å²) in [5, 5.41) is 14.9. The van der Waals surface area contributed by atoms with Gasteiger partial charge < -0.3 is 5.11 Å². The molecule has 4 aliphatic carbocycles. The second kappa shape index (κ2) is 6.93. The fourth-order valence-corrected chi connectivity index (χ4v) is 8.43. The number of Topliss-reactive ketones (excluding diaryl/α,β-unsaturated/α-hetero) is 1. The summed E-state index contributed by atoms with van der Waals surface area (Å²) in [6, 6.07) is 0. The topological polar surface area (TPSA) is 55.1 Å². The molecular weight excluding hydrogens is 360 g/mol. The molecule has 4 nitrogen and oxygen atoms in total. The van der Waals surface area contributed by atoms with Gasteiger partial charge in [-0.15, -0.1) is 0 Å². The molecule has 0 bridgehead atoms. The van der Waals surface area contributed by atoms with Gasteiger partial charge in [0.25, 0.3) is 0 Å². The number of aliphatic hydroxyl groups is 1. The van der Waals surface area contributed by atoms with Gasteiger partial charge in [-0.2, -0.15) is 5.10 Å². The molecule has 1 aromatic heterocycles. The lowest BCUT2D eigenvalue weighted by Gasteiger charge is -2.56. The van der Waals surface area contributed by atoms with Gasteiger partial charge in [0.1, 0.15) is 0 Å². The Morgan fingerprint density at radius 3 is 2.66 bits per heavy atom. The van der Waals surface area contributed by atoms with E-state index in [0.29, 0.717) is 12.3 Å². The fraction of sp³-hybridized carbons (Fsp3) is 0.840. The maximum atomic E-state index is 13.3. The van der Waals surface area contributed by atoms with Gasteiger partial charge in [-0.25, -0.2) is 0 Å². The number of rotatable bonds is 3. The maximum absolute atomic E-state index is 13.3. The molecule has 0 saturated heterocycles. The predicted molar refractivity (Wildman–Crippen MR) is 113 cm³/mol. The van der Waals surface area contributed by atoms with Crippen LogP contribution < -0.4 is 0 Å². The molecule has 4 aliphatic rings. The molecular formula is C25H38N2O2. The Kier molecular flexibility index (Phi) is 4.73. The van der Waals surface area contributed by atoms with Gasteiger partial charge in [0.15, 0.2) is 5.78 Å². The number of hydrogen-bond acceptors (Lipinski definition) is 3. The minimum Gasteiger partial charge on any atom is -0.390 e. The van der Waals surface area contributed by atoms with Crippen LogP contribution >= 0.6 is 0 Å². The van der Waals surface area contributed by atoms with Crippen LogP contribution in [0.2, 0.25) is 0 Å². The van der Waals surface area contributed by atoms with Crippen molar-refractivity contribution in [3.8, 4) is 0 Å². The first-order valence-electron chi connectivity index (χ1n) is 12.0. The van der Waals surface area contributed by atoms with Crippen molar-refractivity contribution < 1.29 is 9.90 Å². The normalized spacial score (nSPS) is 46.6. The lowest BCUT2D eigenvalue weighted by atomic mass is 9.49. The number of hydrogen-bond donors (Lipinski definition) is 1. The molecule has 5 rings (SSSR count). The summed E-state index contributed by atoms with van der Waals surface area (Å²) in [7, 11) is 0. The van der Waals surface area contributed by atoms with E-state index in [2.05, 4.69) is 12.0 Å². The van der Waals surface area contributed by atoms with E-state index in [9.17, 15) is 9.90 Å². The van der Waals surface area contributed by atoms with Crippen molar-refractivity contribution in [2.24, 2.45) is 40.9 Å². The van der Waals surface area contributed by atoms with E-state index in [-0.39, 0.29) is 11.3 Å². The number of nitrogens with zero attached hydrogens (tertiary/aromatic N) is 2. The second-order valence-corrected chi connectivity index (χ2v) is 11.5. The minimum absolute atomic E-state index is 0.188. The quantitative estimate of drug-likeness (QED) is 0.797. The summed E-state index contributed by atoms with van der Waals surface area (Å²) in [4.78, 5) is 13.3. The first-order valence-corrected chi connectivity index (χ1v) is 12.0. The van der Waals surface area contributed by atoms with E-state index in [4.69, 9.17) is 0 Å². The van der Waals surface area contributed by atoms with Crippen LogP contribution in [0.4, 0.5) is 0 Å². The van der Waals surface area contributed by atoms with Crippen molar-refractivity contribution in [3.63, 3.8) is 0 Å². The van der Waals surface area contributed by atoms with Gasteiger partial charge in [-0.1, -0.05) is 6.92 Å². The van der Waals surface area contributed by atoms with Crippen LogP contribution in [0.5, 0.6) is 0 Å². The molecule has 3 unspecified atom stereocenters. The van der Waals surface area contributed by atoms with E-state index >= 15 is 0 Å². The van der Waals surface area contributed by atoms with Crippen LogP contribution in [0.1, 0.15) is 77.2 Å². The predicted octanol–water partition coefficient (Wildman–Crippen LogP) is 4.78. The SMILES string of the molecule is Cc1cnn(CC(=O)[C@H]2CC[C@H]3C4CCC5C[C@](C)(O)CCC5[C@H]4CC[C@]23C)c1. The van der Waals surface area contributed by atoms with Crippen LogP contribution in [0.25, 0.3) is 0 Å². The lowest BCUT2D eigenvalue weighted by molar-refractivity contribution is -0.133. The smallest absolute Gasteiger partial charge is 0.157 e. The Morgan fingerprint density at radius 1 is 1.10 bits per heavy atom. The van der Waals surface area contributed by atoms with Gasteiger partial charge >= 0.3 is 0 Å². The average molecular weight is 399 g/mol. The van der Waals surface area contributed by atoms with Gasteiger partial charge in [0.05, 0.1) is 18.3 Å². The van der Waals surface area contributed by atoms with E-state index < -0.39 is 5.60 Å². The second-order valence-electron chi connectivity index (χ2n) is 11.5. The highest BCUT2D eigenvalue weighted by Gasteiger charge is 2.58.